The number of aryl methyl sites for hydroxylation is 1. The van der Waals surface area contributed by atoms with Crippen molar-refractivity contribution in [1.82, 2.24) is 9.55 Å². The molecule has 0 spiro atoms. The number of hydrogen-bond donors (Lipinski definition) is 1. The Hall–Kier alpha value is -3.03. The van der Waals surface area contributed by atoms with Gasteiger partial charge < -0.3 is 5.32 Å². The van der Waals surface area contributed by atoms with Crippen LogP contribution in [0.2, 0.25) is 5.02 Å². The Balaban J connectivity index is 1.65. The maximum atomic E-state index is 13.2. The Kier molecular flexibility index (Phi) is 5.17. The molecule has 0 atom stereocenters. The summed E-state index contributed by atoms with van der Waals surface area (Å²) < 4.78 is 14.5. The van der Waals surface area contributed by atoms with Crippen LogP contribution in [-0.2, 0) is 11.3 Å². The Morgan fingerprint density at radius 2 is 2.00 bits per heavy atom. The van der Waals surface area contributed by atoms with Gasteiger partial charge in [-0.2, -0.15) is 0 Å². The fraction of sp³-hybridized carbons (Fsp3) is 0.0952. The molecule has 2 aromatic carbocycles. The number of aromatic nitrogens is 2. The summed E-state index contributed by atoms with van der Waals surface area (Å²) in [7, 11) is 0. The van der Waals surface area contributed by atoms with Gasteiger partial charge in [0.05, 0.1) is 22.4 Å². The van der Waals surface area contributed by atoms with E-state index in [1.54, 1.807) is 24.3 Å². The standard InChI is InChI=1S/C21H15ClFN3O2S/c1-12-2-7-17(16(22)8-12)25-18(27)9-26-11-24-20-19(21(26)28)15(10-29-20)13-3-5-14(23)6-4-13/h2-8,10-11H,9H2,1H3,(H,25,27). The SMILES string of the molecule is Cc1ccc(NC(=O)Cn2cnc3scc(-c4ccc(F)cc4)c3c2=O)c(Cl)c1. The molecule has 4 aromatic rings. The third kappa shape index (κ3) is 3.92. The molecular formula is C21H15ClFN3O2S. The van der Waals surface area contributed by atoms with E-state index >= 15 is 0 Å². The molecule has 0 aliphatic rings. The molecule has 0 aliphatic carbocycles. The zero-order valence-corrected chi connectivity index (χ0v) is 16.9. The van der Waals surface area contributed by atoms with Crippen molar-refractivity contribution in [3.63, 3.8) is 0 Å². The van der Waals surface area contributed by atoms with E-state index in [1.165, 1.54) is 34.4 Å². The largest absolute Gasteiger partial charge is 0.323 e. The Labute approximate surface area is 174 Å². The van der Waals surface area contributed by atoms with Crippen LogP contribution in [0.25, 0.3) is 21.3 Å². The Morgan fingerprint density at radius 3 is 2.72 bits per heavy atom. The molecule has 4 rings (SSSR count). The monoisotopic (exact) mass is 427 g/mol. The van der Waals surface area contributed by atoms with Crippen LogP contribution in [0.3, 0.4) is 0 Å². The molecule has 0 radical (unpaired) electrons. The lowest BCUT2D eigenvalue weighted by atomic mass is 10.1. The fourth-order valence-electron chi connectivity index (χ4n) is 2.99. The minimum Gasteiger partial charge on any atom is -0.323 e. The third-order valence-electron chi connectivity index (χ3n) is 4.43. The number of fused-ring (bicyclic) bond motifs is 1. The van der Waals surface area contributed by atoms with Crippen molar-refractivity contribution in [2.75, 3.05) is 5.32 Å². The van der Waals surface area contributed by atoms with E-state index in [1.807, 2.05) is 18.4 Å². The first kappa shape index (κ1) is 19.3. The van der Waals surface area contributed by atoms with Gasteiger partial charge in [-0.25, -0.2) is 9.37 Å². The summed E-state index contributed by atoms with van der Waals surface area (Å²) in [6.07, 6.45) is 1.35. The van der Waals surface area contributed by atoms with Crippen LogP contribution < -0.4 is 10.9 Å². The molecular weight excluding hydrogens is 413 g/mol. The quantitative estimate of drug-likeness (QED) is 0.505. The molecule has 2 aromatic heterocycles. The van der Waals surface area contributed by atoms with Crippen molar-refractivity contribution < 1.29 is 9.18 Å². The first-order chi connectivity index (χ1) is 13.9. The predicted octanol–water partition coefficient (Wildman–Crippen LogP) is 4.86. The number of carbonyl (C=O) groups is 1. The van der Waals surface area contributed by atoms with E-state index in [0.717, 1.165) is 5.56 Å². The summed E-state index contributed by atoms with van der Waals surface area (Å²) in [5.74, 6) is -0.743. The van der Waals surface area contributed by atoms with Gasteiger partial charge in [-0.15, -0.1) is 11.3 Å². The van der Waals surface area contributed by atoms with Crippen LogP contribution in [-0.4, -0.2) is 15.5 Å². The lowest BCUT2D eigenvalue weighted by Gasteiger charge is -2.09. The van der Waals surface area contributed by atoms with Crippen molar-refractivity contribution in [3.05, 3.63) is 80.9 Å². The summed E-state index contributed by atoms with van der Waals surface area (Å²) in [4.78, 5) is 30.3. The van der Waals surface area contributed by atoms with E-state index in [4.69, 9.17) is 11.6 Å². The average Bonchev–Trinajstić information content (AvgIpc) is 3.12. The minimum atomic E-state index is -0.391. The highest BCUT2D eigenvalue weighted by atomic mass is 35.5. The highest BCUT2D eigenvalue weighted by Gasteiger charge is 2.15. The molecule has 0 aliphatic heterocycles. The molecule has 0 saturated carbocycles. The number of thiophene rings is 1. The van der Waals surface area contributed by atoms with Crippen LogP contribution in [0, 0.1) is 12.7 Å². The van der Waals surface area contributed by atoms with Crippen molar-refractivity contribution in [1.29, 1.82) is 0 Å². The summed E-state index contributed by atoms with van der Waals surface area (Å²) in [6, 6.07) is 11.2. The molecule has 0 unspecified atom stereocenters. The van der Waals surface area contributed by atoms with E-state index < -0.39 is 5.91 Å². The van der Waals surface area contributed by atoms with E-state index in [2.05, 4.69) is 10.3 Å². The average molecular weight is 428 g/mol. The maximum Gasteiger partial charge on any atom is 0.263 e. The van der Waals surface area contributed by atoms with Gasteiger partial charge in [0.15, 0.2) is 0 Å². The van der Waals surface area contributed by atoms with Crippen molar-refractivity contribution in [2.45, 2.75) is 13.5 Å². The number of nitrogens with one attached hydrogen (secondary N) is 1. The van der Waals surface area contributed by atoms with Gasteiger partial charge in [0.25, 0.3) is 5.56 Å². The zero-order chi connectivity index (χ0) is 20.5. The number of halogens is 2. The molecule has 146 valence electrons. The number of amides is 1. The number of carbonyl (C=O) groups excluding carboxylic acids is 1. The Bertz CT molecular complexity index is 1280. The van der Waals surface area contributed by atoms with Crippen LogP contribution in [0.15, 0.2) is 59.0 Å². The number of rotatable bonds is 4. The van der Waals surface area contributed by atoms with Gasteiger partial charge in [-0.05, 0) is 42.3 Å². The topological polar surface area (TPSA) is 64.0 Å². The number of anilines is 1. The highest BCUT2D eigenvalue weighted by molar-refractivity contribution is 7.17. The summed E-state index contributed by atoms with van der Waals surface area (Å²) >= 11 is 7.47. The van der Waals surface area contributed by atoms with E-state index in [0.29, 0.717) is 32.1 Å². The highest BCUT2D eigenvalue weighted by Crippen LogP contribution is 2.30. The smallest absolute Gasteiger partial charge is 0.263 e. The van der Waals surface area contributed by atoms with Gasteiger partial charge in [-0.3, -0.25) is 14.2 Å². The van der Waals surface area contributed by atoms with Crippen molar-refractivity contribution in [2.24, 2.45) is 0 Å². The molecule has 2 heterocycles. The molecule has 0 saturated heterocycles. The van der Waals surface area contributed by atoms with Gasteiger partial charge in [0, 0.05) is 10.9 Å². The lowest BCUT2D eigenvalue weighted by molar-refractivity contribution is -0.116. The molecule has 1 amide bonds. The minimum absolute atomic E-state index is 0.204. The lowest BCUT2D eigenvalue weighted by Crippen LogP contribution is -2.27. The Morgan fingerprint density at radius 1 is 1.24 bits per heavy atom. The molecule has 0 fully saturated rings. The van der Waals surface area contributed by atoms with E-state index in [-0.39, 0.29) is 17.9 Å². The molecule has 29 heavy (non-hydrogen) atoms. The first-order valence-electron chi connectivity index (χ1n) is 8.71. The van der Waals surface area contributed by atoms with Gasteiger partial charge >= 0.3 is 0 Å². The van der Waals surface area contributed by atoms with Crippen LogP contribution in [0.4, 0.5) is 10.1 Å². The first-order valence-corrected chi connectivity index (χ1v) is 9.97. The van der Waals surface area contributed by atoms with Crippen LogP contribution >= 0.6 is 22.9 Å². The second-order valence-corrected chi connectivity index (χ2v) is 7.81. The summed E-state index contributed by atoms with van der Waals surface area (Å²) in [5.41, 5.74) is 2.50. The van der Waals surface area contributed by atoms with Crippen LogP contribution in [0.1, 0.15) is 5.56 Å². The third-order valence-corrected chi connectivity index (χ3v) is 5.63. The normalized spacial score (nSPS) is 11.0. The van der Waals surface area contributed by atoms with E-state index in [9.17, 15) is 14.0 Å². The van der Waals surface area contributed by atoms with Gasteiger partial charge in [-0.1, -0.05) is 29.8 Å². The predicted molar refractivity (Wildman–Crippen MR) is 114 cm³/mol. The van der Waals surface area contributed by atoms with Crippen molar-refractivity contribution in [3.8, 4) is 11.1 Å². The molecule has 0 bridgehead atoms. The number of nitrogens with zero attached hydrogens (tertiary/aromatic N) is 2. The fourth-order valence-corrected chi connectivity index (χ4v) is 4.18. The van der Waals surface area contributed by atoms with Gasteiger partial charge in [0.1, 0.15) is 17.2 Å². The second-order valence-electron chi connectivity index (χ2n) is 6.55. The maximum absolute atomic E-state index is 13.2. The van der Waals surface area contributed by atoms with Crippen LogP contribution in [0.5, 0.6) is 0 Å². The molecule has 5 nitrogen and oxygen atoms in total. The summed E-state index contributed by atoms with van der Waals surface area (Å²) in [5, 5.41) is 5.35. The molecule has 1 N–H and O–H groups in total. The summed E-state index contributed by atoms with van der Waals surface area (Å²) in [6.45, 7) is 1.70. The zero-order valence-electron chi connectivity index (χ0n) is 15.3. The molecule has 8 heteroatoms. The number of hydrogen-bond acceptors (Lipinski definition) is 4. The number of benzene rings is 2. The van der Waals surface area contributed by atoms with Crippen molar-refractivity contribution >= 4 is 44.7 Å². The second kappa shape index (κ2) is 7.77. The van der Waals surface area contributed by atoms with Gasteiger partial charge in [0.2, 0.25) is 5.91 Å².